The summed E-state index contributed by atoms with van der Waals surface area (Å²) in [5, 5.41) is 0. The van der Waals surface area contributed by atoms with Gasteiger partial charge in [-0.05, 0) is 53.4 Å². The molecule has 0 amide bonds. The summed E-state index contributed by atoms with van der Waals surface area (Å²) in [7, 11) is -3.42. The maximum atomic E-state index is 12.2. The Morgan fingerprint density at radius 1 is 1.22 bits per heavy atom. The predicted octanol–water partition coefficient (Wildman–Crippen LogP) is 2.90. The van der Waals surface area contributed by atoms with Crippen LogP contribution in [0.4, 0.5) is 5.69 Å². The number of hydrogen-bond donors (Lipinski definition) is 1. The molecule has 1 heterocycles. The zero-order valence-electron chi connectivity index (χ0n) is 10.3. The van der Waals surface area contributed by atoms with E-state index in [-0.39, 0.29) is 0 Å². The Kier molecular flexibility index (Phi) is 4.29. The summed E-state index contributed by atoms with van der Waals surface area (Å²) in [5.41, 5.74) is 1.62. The van der Waals surface area contributed by atoms with Gasteiger partial charge in [-0.15, -0.1) is 0 Å². The van der Waals surface area contributed by atoms with Gasteiger partial charge >= 0.3 is 10.2 Å². The van der Waals surface area contributed by atoms with Crippen molar-refractivity contribution in [1.29, 1.82) is 0 Å². The first-order valence-corrected chi connectivity index (χ1v) is 8.26. The van der Waals surface area contributed by atoms with Gasteiger partial charge in [-0.2, -0.15) is 12.7 Å². The molecule has 0 bridgehead atoms. The molecule has 0 aromatic heterocycles. The van der Waals surface area contributed by atoms with Crippen molar-refractivity contribution in [2.45, 2.75) is 26.2 Å². The van der Waals surface area contributed by atoms with Crippen molar-refractivity contribution < 1.29 is 8.42 Å². The van der Waals surface area contributed by atoms with Gasteiger partial charge in [-0.25, -0.2) is 0 Å². The number of hydrogen-bond acceptors (Lipinski definition) is 2. The largest absolute Gasteiger partial charge is 0.301 e. The lowest BCUT2D eigenvalue weighted by Gasteiger charge is -2.26. The minimum Gasteiger partial charge on any atom is -0.270 e. The summed E-state index contributed by atoms with van der Waals surface area (Å²) in [6, 6.07) is 5.61. The highest BCUT2D eigenvalue weighted by Gasteiger charge is 2.24. The molecule has 18 heavy (non-hydrogen) atoms. The van der Waals surface area contributed by atoms with Crippen molar-refractivity contribution in [2.75, 3.05) is 17.8 Å². The molecule has 2 rings (SSSR count). The van der Waals surface area contributed by atoms with Gasteiger partial charge in [0.2, 0.25) is 0 Å². The number of nitrogens with one attached hydrogen (secondary N) is 1. The number of anilines is 1. The van der Waals surface area contributed by atoms with Crippen LogP contribution >= 0.6 is 15.9 Å². The number of benzene rings is 1. The fourth-order valence-electron chi connectivity index (χ4n) is 2.03. The van der Waals surface area contributed by atoms with Crippen LogP contribution in [0.25, 0.3) is 0 Å². The van der Waals surface area contributed by atoms with Crippen molar-refractivity contribution in [3.63, 3.8) is 0 Å². The van der Waals surface area contributed by atoms with Crippen LogP contribution in [0.15, 0.2) is 22.7 Å². The molecule has 1 aromatic rings. The van der Waals surface area contributed by atoms with Crippen molar-refractivity contribution >= 4 is 31.8 Å². The summed E-state index contributed by atoms with van der Waals surface area (Å²) in [6.45, 7) is 3.16. The molecule has 100 valence electrons. The summed E-state index contributed by atoms with van der Waals surface area (Å²) < 4.78 is 29.4. The van der Waals surface area contributed by atoms with Gasteiger partial charge in [0, 0.05) is 17.6 Å². The summed E-state index contributed by atoms with van der Waals surface area (Å²) in [5.74, 6) is 0. The molecule has 0 atom stereocenters. The van der Waals surface area contributed by atoms with E-state index in [1.165, 1.54) is 4.31 Å². The highest BCUT2D eigenvalue weighted by atomic mass is 79.9. The first-order valence-electron chi connectivity index (χ1n) is 6.03. The number of aryl methyl sites for hydroxylation is 1. The van der Waals surface area contributed by atoms with E-state index in [9.17, 15) is 8.42 Å². The third-order valence-corrected chi connectivity index (χ3v) is 5.23. The minimum absolute atomic E-state index is 0.598. The average Bonchev–Trinajstić information content (AvgIpc) is 2.35. The average molecular weight is 333 g/mol. The third-order valence-electron chi connectivity index (χ3n) is 3.02. The van der Waals surface area contributed by atoms with E-state index in [0.717, 1.165) is 29.3 Å². The van der Waals surface area contributed by atoms with Crippen molar-refractivity contribution in [3.05, 3.63) is 28.2 Å². The Morgan fingerprint density at radius 2 is 1.89 bits per heavy atom. The Bertz CT molecular complexity index is 525. The summed E-state index contributed by atoms with van der Waals surface area (Å²) >= 11 is 3.36. The standard InChI is InChI=1S/C12H17BrN2O2S/c1-10-5-6-11(13)12(9-10)14-18(16,17)15-7-3-2-4-8-15/h5-6,9,14H,2-4,7-8H2,1H3. The molecule has 1 N–H and O–H groups in total. The molecule has 0 unspecified atom stereocenters. The second kappa shape index (κ2) is 5.59. The molecule has 0 spiro atoms. The molecule has 1 aromatic carbocycles. The Morgan fingerprint density at radius 3 is 2.56 bits per heavy atom. The quantitative estimate of drug-likeness (QED) is 0.925. The molecule has 0 aliphatic carbocycles. The van der Waals surface area contributed by atoms with E-state index in [1.54, 1.807) is 0 Å². The summed E-state index contributed by atoms with van der Waals surface area (Å²) in [6.07, 6.45) is 2.99. The van der Waals surface area contributed by atoms with Gasteiger partial charge < -0.3 is 0 Å². The second-order valence-electron chi connectivity index (χ2n) is 4.55. The monoisotopic (exact) mass is 332 g/mol. The zero-order chi connectivity index (χ0) is 13.2. The number of halogens is 1. The molecule has 0 radical (unpaired) electrons. The van der Waals surface area contributed by atoms with Crippen molar-refractivity contribution in [1.82, 2.24) is 4.31 Å². The molecule has 1 aliphatic rings. The van der Waals surface area contributed by atoms with Crippen molar-refractivity contribution in [3.8, 4) is 0 Å². The first kappa shape index (κ1) is 13.8. The van der Waals surface area contributed by atoms with E-state index in [4.69, 9.17) is 0 Å². The van der Waals surface area contributed by atoms with Crippen LogP contribution in [-0.2, 0) is 10.2 Å². The van der Waals surface area contributed by atoms with Gasteiger partial charge in [0.05, 0.1) is 5.69 Å². The summed E-state index contributed by atoms with van der Waals surface area (Å²) in [4.78, 5) is 0. The topological polar surface area (TPSA) is 49.4 Å². The molecular formula is C12H17BrN2O2S. The Hall–Kier alpha value is -0.590. The van der Waals surface area contributed by atoms with Gasteiger partial charge in [-0.1, -0.05) is 12.5 Å². The van der Waals surface area contributed by atoms with Gasteiger partial charge in [0.25, 0.3) is 0 Å². The lowest BCUT2D eigenvalue weighted by Crippen LogP contribution is -2.39. The van der Waals surface area contributed by atoms with Gasteiger partial charge in [0.15, 0.2) is 0 Å². The second-order valence-corrected chi connectivity index (χ2v) is 7.08. The number of piperidine rings is 1. The maximum Gasteiger partial charge on any atom is 0.301 e. The molecule has 1 saturated heterocycles. The number of nitrogens with zero attached hydrogens (tertiary/aromatic N) is 1. The van der Waals surface area contributed by atoms with Crippen LogP contribution < -0.4 is 4.72 Å². The van der Waals surface area contributed by atoms with Crippen LogP contribution in [-0.4, -0.2) is 25.8 Å². The lowest BCUT2D eigenvalue weighted by atomic mass is 10.2. The lowest BCUT2D eigenvalue weighted by molar-refractivity contribution is 0.349. The van der Waals surface area contributed by atoms with Crippen molar-refractivity contribution in [2.24, 2.45) is 0 Å². The van der Waals surface area contributed by atoms with Crippen LogP contribution in [0.1, 0.15) is 24.8 Å². The Balaban J connectivity index is 2.18. The molecule has 0 saturated carbocycles. The SMILES string of the molecule is Cc1ccc(Br)c(NS(=O)(=O)N2CCCCC2)c1. The third kappa shape index (κ3) is 3.24. The molecule has 6 heteroatoms. The molecule has 4 nitrogen and oxygen atoms in total. The Labute approximate surface area is 117 Å². The minimum atomic E-state index is -3.42. The fourth-order valence-corrected chi connectivity index (χ4v) is 3.82. The van der Waals surface area contributed by atoms with E-state index in [0.29, 0.717) is 18.8 Å². The van der Waals surface area contributed by atoms with Gasteiger partial charge in [-0.3, -0.25) is 4.72 Å². The molecule has 1 aliphatic heterocycles. The highest BCUT2D eigenvalue weighted by molar-refractivity contribution is 9.10. The van der Waals surface area contributed by atoms with E-state index < -0.39 is 10.2 Å². The van der Waals surface area contributed by atoms with E-state index >= 15 is 0 Å². The smallest absolute Gasteiger partial charge is 0.270 e. The zero-order valence-corrected chi connectivity index (χ0v) is 12.7. The molecular weight excluding hydrogens is 316 g/mol. The van der Waals surface area contributed by atoms with E-state index in [1.807, 2.05) is 25.1 Å². The van der Waals surface area contributed by atoms with Gasteiger partial charge in [0.1, 0.15) is 0 Å². The maximum absolute atomic E-state index is 12.2. The molecule has 1 fully saturated rings. The first-order chi connectivity index (χ1) is 8.49. The van der Waals surface area contributed by atoms with Crippen LogP contribution in [0, 0.1) is 6.92 Å². The van der Waals surface area contributed by atoms with Crippen LogP contribution in [0.2, 0.25) is 0 Å². The van der Waals surface area contributed by atoms with E-state index in [2.05, 4.69) is 20.7 Å². The fraction of sp³-hybridized carbons (Fsp3) is 0.500. The van der Waals surface area contributed by atoms with Crippen LogP contribution in [0.3, 0.4) is 0 Å². The predicted molar refractivity (Wildman–Crippen MR) is 76.8 cm³/mol. The highest BCUT2D eigenvalue weighted by Crippen LogP contribution is 2.25. The number of rotatable bonds is 3. The normalized spacial score (nSPS) is 17.7. The van der Waals surface area contributed by atoms with Crippen LogP contribution in [0.5, 0.6) is 0 Å².